The second kappa shape index (κ2) is 5.84. The molecule has 0 aliphatic rings. The Morgan fingerprint density at radius 2 is 2.42 bits per heavy atom. The number of hydrogen-bond donors (Lipinski definition) is 0. The Hall–Kier alpha value is -0.760. The van der Waals surface area contributed by atoms with Gasteiger partial charge in [0.1, 0.15) is 5.75 Å². The van der Waals surface area contributed by atoms with Crippen LogP contribution in [0.2, 0.25) is 0 Å². The zero-order chi connectivity index (χ0) is 8.65. The van der Waals surface area contributed by atoms with Crippen molar-refractivity contribution in [3.63, 3.8) is 0 Å². The molecule has 1 aromatic heterocycles. The Morgan fingerprint density at radius 3 is 3.08 bits per heavy atom. The van der Waals surface area contributed by atoms with Gasteiger partial charge in [0, 0.05) is 5.38 Å². The fraction of sp³-hybridized carbons (Fsp3) is 0.400. The molecule has 0 aliphatic heterocycles. The Balaban J connectivity index is 2.07. The molecule has 0 radical (unpaired) electrons. The number of hydrogen-bond acceptors (Lipinski definition) is 2. The molecule has 0 saturated carbocycles. The molecule has 0 N–H and O–H groups in total. The molecule has 0 atom stereocenters. The van der Waals surface area contributed by atoms with Crippen LogP contribution in [0.1, 0.15) is 19.8 Å². The predicted molar refractivity (Wildman–Crippen MR) is 53.9 cm³/mol. The van der Waals surface area contributed by atoms with Gasteiger partial charge in [-0.2, -0.15) is 0 Å². The van der Waals surface area contributed by atoms with Crippen molar-refractivity contribution in [2.45, 2.75) is 19.8 Å². The van der Waals surface area contributed by atoms with E-state index in [0.717, 1.165) is 25.2 Å². The molecule has 0 spiro atoms. The third-order valence-electron chi connectivity index (χ3n) is 1.45. The van der Waals surface area contributed by atoms with Gasteiger partial charge in [0.05, 0.1) is 6.61 Å². The smallest absolute Gasteiger partial charge is 0.129 e. The summed E-state index contributed by atoms with van der Waals surface area (Å²) < 4.78 is 5.45. The monoisotopic (exact) mass is 182 g/mol. The minimum atomic E-state index is 0.785. The first-order valence-electron chi connectivity index (χ1n) is 4.23. The largest absolute Gasteiger partial charge is 0.492 e. The number of ether oxygens (including phenoxy) is 1. The second-order valence-electron chi connectivity index (χ2n) is 2.48. The van der Waals surface area contributed by atoms with Crippen LogP contribution in [0.15, 0.2) is 29.0 Å². The highest BCUT2D eigenvalue weighted by Crippen LogP contribution is 2.14. The Morgan fingerprint density at radius 1 is 1.50 bits per heavy atom. The molecule has 2 heteroatoms. The fourth-order valence-corrected chi connectivity index (χ4v) is 1.44. The molecule has 0 bridgehead atoms. The van der Waals surface area contributed by atoms with Crippen molar-refractivity contribution in [1.29, 1.82) is 0 Å². The Bertz CT molecular complexity index is 214. The summed E-state index contributed by atoms with van der Waals surface area (Å²) >= 11 is 1.66. The van der Waals surface area contributed by atoms with Gasteiger partial charge in [-0.3, -0.25) is 0 Å². The molecule has 0 amide bonds. The average molecular weight is 182 g/mol. The number of thiophene rings is 1. The lowest BCUT2D eigenvalue weighted by Gasteiger charge is -1.99. The first kappa shape index (κ1) is 9.33. The van der Waals surface area contributed by atoms with E-state index in [1.165, 1.54) is 0 Å². The summed E-state index contributed by atoms with van der Waals surface area (Å²) in [6.07, 6.45) is 6.44. The molecule has 0 saturated heterocycles. The van der Waals surface area contributed by atoms with Crippen molar-refractivity contribution in [3.8, 4) is 5.75 Å². The van der Waals surface area contributed by atoms with Crippen LogP contribution in [0.3, 0.4) is 0 Å². The lowest BCUT2D eigenvalue weighted by atomic mass is 10.3. The van der Waals surface area contributed by atoms with Gasteiger partial charge in [-0.15, -0.1) is 11.3 Å². The summed E-state index contributed by atoms with van der Waals surface area (Å²) in [7, 11) is 0. The molecular formula is C10H14OS. The van der Waals surface area contributed by atoms with Gasteiger partial charge in [-0.05, 0) is 24.3 Å². The van der Waals surface area contributed by atoms with Gasteiger partial charge in [0.25, 0.3) is 0 Å². The topological polar surface area (TPSA) is 9.23 Å². The van der Waals surface area contributed by atoms with Crippen LogP contribution in [0.5, 0.6) is 5.75 Å². The summed E-state index contributed by atoms with van der Waals surface area (Å²) in [5.41, 5.74) is 0. The van der Waals surface area contributed by atoms with Crippen LogP contribution in [-0.2, 0) is 0 Å². The maximum atomic E-state index is 5.45. The minimum Gasteiger partial charge on any atom is -0.492 e. The first-order valence-corrected chi connectivity index (χ1v) is 5.17. The molecule has 1 rings (SSSR count). The van der Waals surface area contributed by atoms with E-state index in [-0.39, 0.29) is 0 Å². The van der Waals surface area contributed by atoms with Crippen molar-refractivity contribution in [2.24, 2.45) is 0 Å². The summed E-state index contributed by atoms with van der Waals surface area (Å²) in [4.78, 5) is 0. The van der Waals surface area contributed by atoms with Gasteiger partial charge in [0.2, 0.25) is 0 Å². The van der Waals surface area contributed by atoms with Gasteiger partial charge >= 0.3 is 0 Å². The zero-order valence-corrected chi connectivity index (χ0v) is 8.14. The van der Waals surface area contributed by atoms with Crippen molar-refractivity contribution < 1.29 is 4.74 Å². The third-order valence-corrected chi connectivity index (χ3v) is 2.11. The van der Waals surface area contributed by atoms with E-state index in [9.17, 15) is 0 Å². The molecule has 1 aromatic rings. The van der Waals surface area contributed by atoms with Crippen LogP contribution < -0.4 is 4.74 Å². The van der Waals surface area contributed by atoms with Crippen molar-refractivity contribution in [2.75, 3.05) is 6.61 Å². The minimum absolute atomic E-state index is 0.785. The molecule has 0 aliphatic carbocycles. The zero-order valence-electron chi connectivity index (χ0n) is 7.32. The molecule has 0 aromatic carbocycles. The first-order chi connectivity index (χ1) is 5.93. The van der Waals surface area contributed by atoms with Crippen LogP contribution in [0.25, 0.3) is 0 Å². The third kappa shape index (κ3) is 3.58. The lowest BCUT2D eigenvalue weighted by molar-refractivity contribution is 0.326. The highest BCUT2D eigenvalue weighted by molar-refractivity contribution is 7.08. The van der Waals surface area contributed by atoms with E-state index in [4.69, 9.17) is 4.74 Å². The van der Waals surface area contributed by atoms with Gasteiger partial charge < -0.3 is 4.74 Å². The maximum Gasteiger partial charge on any atom is 0.129 e. The van der Waals surface area contributed by atoms with Crippen LogP contribution >= 0.6 is 11.3 Å². The van der Waals surface area contributed by atoms with Gasteiger partial charge in [-0.1, -0.05) is 19.1 Å². The van der Waals surface area contributed by atoms with Crippen molar-refractivity contribution >= 4 is 11.3 Å². The number of allylic oxidation sites excluding steroid dienone is 1. The summed E-state index contributed by atoms with van der Waals surface area (Å²) in [5.74, 6) is 0.991. The van der Waals surface area contributed by atoms with Gasteiger partial charge in [-0.25, -0.2) is 0 Å². The SMILES string of the molecule is CCC=CCCOc1ccsc1. The molecule has 0 fully saturated rings. The van der Waals surface area contributed by atoms with Crippen LogP contribution in [-0.4, -0.2) is 6.61 Å². The Kier molecular flexibility index (Phi) is 4.54. The standard InChI is InChI=1S/C10H14OS/c1-2-3-4-5-7-11-10-6-8-12-9-10/h3-4,6,8-9H,2,5,7H2,1H3. The molecular weight excluding hydrogens is 168 g/mol. The van der Waals surface area contributed by atoms with Gasteiger partial charge in [0.15, 0.2) is 0 Å². The lowest BCUT2D eigenvalue weighted by Crippen LogP contribution is -1.93. The van der Waals surface area contributed by atoms with E-state index in [0.29, 0.717) is 0 Å². The van der Waals surface area contributed by atoms with Crippen molar-refractivity contribution in [1.82, 2.24) is 0 Å². The molecule has 1 heterocycles. The summed E-state index contributed by atoms with van der Waals surface area (Å²) in [6.45, 7) is 2.92. The Labute approximate surface area is 77.7 Å². The normalized spacial score (nSPS) is 10.8. The van der Waals surface area contributed by atoms with E-state index < -0.39 is 0 Å². The second-order valence-corrected chi connectivity index (χ2v) is 3.26. The maximum absolute atomic E-state index is 5.45. The van der Waals surface area contributed by atoms with E-state index in [2.05, 4.69) is 19.1 Å². The number of rotatable bonds is 5. The highest BCUT2D eigenvalue weighted by Gasteiger charge is 1.89. The molecule has 66 valence electrons. The summed E-state index contributed by atoms with van der Waals surface area (Å²) in [6, 6.07) is 1.99. The summed E-state index contributed by atoms with van der Waals surface area (Å²) in [5, 5.41) is 4.04. The quantitative estimate of drug-likeness (QED) is 0.500. The predicted octanol–water partition coefficient (Wildman–Crippen LogP) is 3.48. The highest BCUT2D eigenvalue weighted by atomic mass is 32.1. The molecule has 12 heavy (non-hydrogen) atoms. The molecule has 1 nitrogen and oxygen atoms in total. The van der Waals surface area contributed by atoms with E-state index >= 15 is 0 Å². The average Bonchev–Trinajstić information content (AvgIpc) is 2.57. The molecule has 0 unspecified atom stereocenters. The van der Waals surface area contributed by atoms with E-state index in [1.807, 2.05) is 16.8 Å². The fourth-order valence-electron chi connectivity index (χ4n) is 0.863. The van der Waals surface area contributed by atoms with Crippen molar-refractivity contribution in [3.05, 3.63) is 29.0 Å². The van der Waals surface area contributed by atoms with E-state index in [1.54, 1.807) is 11.3 Å². The van der Waals surface area contributed by atoms with Crippen LogP contribution in [0, 0.1) is 0 Å². The van der Waals surface area contributed by atoms with Crippen LogP contribution in [0.4, 0.5) is 0 Å².